The van der Waals surface area contributed by atoms with E-state index in [-0.39, 0.29) is 11.5 Å². The Bertz CT molecular complexity index is 977. The average molecular weight is 454 g/mol. The molecule has 8 nitrogen and oxygen atoms in total. The number of sulfonamides is 1. The maximum Gasteiger partial charge on any atom is 0.322 e. The lowest BCUT2D eigenvalue weighted by atomic mass is 9.96. The molecule has 1 aromatic rings. The summed E-state index contributed by atoms with van der Waals surface area (Å²) < 4.78 is 46.8. The number of urea groups is 1. The van der Waals surface area contributed by atoms with Crippen molar-refractivity contribution in [2.75, 3.05) is 12.4 Å². The fourth-order valence-corrected chi connectivity index (χ4v) is 4.38. The third-order valence-electron chi connectivity index (χ3n) is 5.39. The summed E-state index contributed by atoms with van der Waals surface area (Å²) in [4.78, 5) is 23.0. The maximum atomic E-state index is 13.9. The fourth-order valence-electron chi connectivity index (χ4n) is 3.22. The Balaban J connectivity index is 1.49. The third-order valence-corrected chi connectivity index (χ3v) is 6.74. The van der Waals surface area contributed by atoms with Gasteiger partial charge in [-0.25, -0.2) is 22.3 Å². The summed E-state index contributed by atoms with van der Waals surface area (Å²) >= 11 is 0. The van der Waals surface area contributed by atoms with E-state index >= 15 is 0 Å². The number of amides is 3. The first-order valence-corrected chi connectivity index (χ1v) is 11.9. The molecule has 1 aromatic carbocycles. The minimum Gasteiger partial charge on any atom is -0.490 e. The number of carbonyl (C=O) groups excluding carboxylic acids is 2. The highest BCUT2D eigenvalue weighted by Crippen LogP contribution is 2.31. The highest BCUT2D eigenvalue weighted by Gasteiger charge is 2.40. The second kappa shape index (κ2) is 9.35. The number of halogens is 1. The van der Waals surface area contributed by atoms with Crippen LogP contribution < -0.4 is 20.1 Å². The molecular formula is C21H28FN3O5S. The van der Waals surface area contributed by atoms with Crippen LogP contribution in [0.2, 0.25) is 0 Å². The number of carbonyl (C=O) groups is 2. The Kier molecular flexibility index (Phi) is 7.00. The highest BCUT2D eigenvalue weighted by molar-refractivity contribution is 7.89. The number of hydrogen-bond donors (Lipinski definition) is 3. The zero-order valence-electron chi connectivity index (χ0n) is 17.6. The van der Waals surface area contributed by atoms with E-state index < -0.39 is 39.4 Å². The molecule has 3 N–H and O–H groups in total. The van der Waals surface area contributed by atoms with E-state index in [1.54, 1.807) is 19.9 Å². The van der Waals surface area contributed by atoms with Gasteiger partial charge in [-0.1, -0.05) is 18.2 Å². The standard InChI is InChI=1S/C21H28FN3O5S/c1-14(16-8-9-17(22)18(12-16)30-13-15-6-7-15)25-31(28,29)11-5-3-4-10-21(2)19(26)23-20(27)24-21/h3,5,8-9,12,14-15,25H,4,6-7,10-11,13H2,1-2H3,(H2,23,24,26,27)/b5-3+/t14-,21?/m1/s1. The van der Waals surface area contributed by atoms with Gasteiger partial charge in [-0.2, -0.15) is 0 Å². The fraction of sp³-hybridized carbons (Fsp3) is 0.524. The molecule has 0 aromatic heterocycles. The van der Waals surface area contributed by atoms with Gasteiger partial charge in [-0.15, -0.1) is 0 Å². The average Bonchev–Trinajstić information content (AvgIpc) is 3.46. The van der Waals surface area contributed by atoms with Crippen molar-refractivity contribution in [3.63, 3.8) is 0 Å². The topological polar surface area (TPSA) is 114 Å². The molecule has 1 aliphatic heterocycles. The number of imide groups is 1. The molecule has 1 aliphatic carbocycles. The van der Waals surface area contributed by atoms with Crippen molar-refractivity contribution < 1.29 is 27.1 Å². The molecular weight excluding hydrogens is 425 g/mol. The van der Waals surface area contributed by atoms with Crippen molar-refractivity contribution in [3.8, 4) is 5.75 Å². The first-order chi connectivity index (χ1) is 14.6. The molecule has 1 saturated carbocycles. The Labute approximate surface area is 181 Å². The van der Waals surface area contributed by atoms with Crippen LogP contribution in [0.1, 0.15) is 51.1 Å². The molecule has 2 aliphatic rings. The molecule has 3 rings (SSSR count). The lowest BCUT2D eigenvalue weighted by Gasteiger charge is -2.19. The lowest BCUT2D eigenvalue weighted by Crippen LogP contribution is -2.43. The van der Waals surface area contributed by atoms with Crippen LogP contribution >= 0.6 is 0 Å². The zero-order chi connectivity index (χ0) is 22.6. The molecule has 3 amide bonds. The first-order valence-electron chi connectivity index (χ1n) is 10.3. The minimum atomic E-state index is -3.62. The molecule has 31 heavy (non-hydrogen) atoms. The number of hydrogen-bond acceptors (Lipinski definition) is 5. The van der Waals surface area contributed by atoms with Crippen molar-refractivity contribution in [1.29, 1.82) is 0 Å². The molecule has 1 saturated heterocycles. The molecule has 170 valence electrons. The van der Waals surface area contributed by atoms with E-state index in [1.165, 1.54) is 24.3 Å². The third kappa shape index (κ3) is 6.51. The van der Waals surface area contributed by atoms with Crippen LogP contribution in [0.3, 0.4) is 0 Å². The quantitative estimate of drug-likeness (QED) is 0.352. The zero-order valence-corrected chi connectivity index (χ0v) is 18.4. The molecule has 10 heteroatoms. The van der Waals surface area contributed by atoms with E-state index in [0.29, 0.717) is 30.9 Å². The summed E-state index contributed by atoms with van der Waals surface area (Å²) in [6, 6.07) is 3.25. The second-order valence-electron chi connectivity index (χ2n) is 8.32. The summed E-state index contributed by atoms with van der Waals surface area (Å²) in [5, 5.41) is 4.74. The second-order valence-corrected chi connectivity index (χ2v) is 10.1. The maximum absolute atomic E-state index is 13.9. The molecule has 0 bridgehead atoms. The smallest absolute Gasteiger partial charge is 0.322 e. The number of ether oxygens (including phenoxy) is 1. The Hall–Kier alpha value is -2.46. The molecule has 0 radical (unpaired) electrons. The van der Waals surface area contributed by atoms with Crippen molar-refractivity contribution >= 4 is 22.0 Å². The van der Waals surface area contributed by atoms with Gasteiger partial charge in [0.1, 0.15) is 5.54 Å². The van der Waals surface area contributed by atoms with Crippen LogP contribution in [0.15, 0.2) is 30.4 Å². The van der Waals surface area contributed by atoms with Gasteiger partial charge in [0.05, 0.1) is 12.4 Å². The van der Waals surface area contributed by atoms with Gasteiger partial charge in [0, 0.05) is 6.04 Å². The molecule has 1 unspecified atom stereocenters. The summed E-state index contributed by atoms with van der Waals surface area (Å²) in [7, 11) is -3.62. The SMILES string of the molecule is C[C@@H](NS(=O)(=O)C/C=C/CCC1(C)NC(=O)NC1=O)c1ccc(F)c(OCC2CC2)c1. The molecule has 2 atom stereocenters. The number of allylic oxidation sites excluding steroid dienone is 1. The summed E-state index contributed by atoms with van der Waals surface area (Å²) in [6.45, 7) is 3.77. The van der Waals surface area contributed by atoms with E-state index in [1.807, 2.05) is 0 Å². The summed E-state index contributed by atoms with van der Waals surface area (Å²) in [5.74, 6) is -0.490. The molecule has 2 fully saturated rings. The van der Waals surface area contributed by atoms with Crippen LogP contribution in [0.5, 0.6) is 5.75 Å². The monoisotopic (exact) mass is 453 g/mol. The van der Waals surface area contributed by atoms with Gasteiger partial charge in [-0.3, -0.25) is 10.1 Å². The van der Waals surface area contributed by atoms with E-state index in [2.05, 4.69) is 15.4 Å². The minimum absolute atomic E-state index is 0.131. The largest absolute Gasteiger partial charge is 0.490 e. The normalized spacial score (nSPS) is 22.4. The Morgan fingerprint density at radius 2 is 2.06 bits per heavy atom. The van der Waals surface area contributed by atoms with Crippen molar-refractivity contribution in [1.82, 2.24) is 15.4 Å². The number of rotatable bonds is 11. The molecule has 1 heterocycles. The van der Waals surface area contributed by atoms with Crippen LogP contribution in [0.4, 0.5) is 9.18 Å². The van der Waals surface area contributed by atoms with E-state index in [9.17, 15) is 22.4 Å². The van der Waals surface area contributed by atoms with E-state index in [4.69, 9.17) is 4.74 Å². The molecule has 0 spiro atoms. The highest BCUT2D eigenvalue weighted by atomic mass is 32.2. The number of nitrogens with one attached hydrogen (secondary N) is 3. The van der Waals surface area contributed by atoms with Crippen LogP contribution in [-0.4, -0.2) is 38.3 Å². The van der Waals surface area contributed by atoms with E-state index in [0.717, 1.165) is 12.8 Å². The van der Waals surface area contributed by atoms with Crippen LogP contribution in [0.25, 0.3) is 0 Å². The van der Waals surface area contributed by atoms with Crippen molar-refractivity contribution in [2.45, 2.75) is 51.1 Å². The van der Waals surface area contributed by atoms with Crippen molar-refractivity contribution in [3.05, 3.63) is 41.7 Å². The predicted octanol–water partition coefficient (Wildman–Crippen LogP) is 2.53. The van der Waals surface area contributed by atoms with Gasteiger partial charge in [-0.05, 0) is 63.1 Å². The predicted molar refractivity (Wildman–Crippen MR) is 113 cm³/mol. The van der Waals surface area contributed by atoms with Gasteiger partial charge in [0.2, 0.25) is 10.0 Å². The first kappa shape index (κ1) is 23.2. The van der Waals surface area contributed by atoms with Crippen LogP contribution in [-0.2, 0) is 14.8 Å². The van der Waals surface area contributed by atoms with Crippen LogP contribution in [0, 0.1) is 11.7 Å². The van der Waals surface area contributed by atoms with Gasteiger partial charge < -0.3 is 10.1 Å². The van der Waals surface area contributed by atoms with Crippen molar-refractivity contribution in [2.24, 2.45) is 5.92 Å². The summed E-state index contributed by atoms with van der Waals surface area (Å²) in [6.07, 6.45) is 6.12. The van der Waals surface area contributed by atoms with Gasteiger partial charge in [0.15, 0.2) is 11.6 Å². The Morgan fingerprint density at radius 3 is 2.71 bits per heavy atom. The van der Waals surface area contributed by atoms with Gasteiger partial charge >= 0.3 is 6.03 Å². The van der Waals surface area contributed by atoms with Gasteiger partial charge in [0.25, 0.3) is 5.91 Å². The summed E-state index contributed by atoms with van der Waals surface area (Å²) in [5.41, 5.74) is -0.384. The lowest BCUT2D eigenvalue weighted by molar-refractivity contribution is -0.123. The Morgan fingerprint density at radius 1 is 1.32 bits per heavy atom. The number of benzene rings is 1.